The van der Waals surface area contributed by atoms with Crippen LogP contribution in [0.1, 0.15) is 45.2 Å². The minimum absolute atomic E-state index is 0.0535. The van der Waals surface area contributed by atoms with Gasteiger partial charge in [0.05, 0.1) is 23.4 Å². The molecule has 0 aromatic heterocycles. The van der Waals surface area contributed by atoms with E-state index in [1.165, 1.54) is 78.0 Å². The molecule has 2 atom stereocenters. The van der Waals surface area contributed by atoms with Gasteiger partial charge in [-0.15, -0.1) is 0 Å². The van der Waals surface area contributed by atoms with Gasteiger partial charge in [0, 0.05) is 13.0 Å². The highest BCUT2D eigenvalue weighted by atomic mass is 32.2. The predicted molar refractivity (Wildman–Crippen MR) is 165 cm³/mol. The number of sulfonamides is 1. The van der Waals surface area contributed by atoms with E-state index < -0.39 is 63.0 Å². The zero-order chi connectivity index (χ0) is 34.6. The molecule has 1 amide bonds. The van der Waals surface area contributed by atoms with Crippen LogP contribution in [0.3, 0.4) is 0 Å². The molecule has 2 N–H and O–H groups in total. The zero-order valence-corrected chi connectivity index (χ0v) is 27.1. The second-order valence-corrected chi connectivity index (χ2v) is 14.1. The number of hydrogen-bond acceptors (Lipinski definition) is 8. The maximum atomic E-state index is 13.9. The summed E-state index contributed by atoms with van der Waals surface area (Å²) in [4.78, 5) is 36.1. The van der Waals surface area contributed by atoms with Crippen LogP contribution in [0.15, 0.2) is 77.7 Å². The molecule has 11 nitrogen and oxygen atoms in total. The largest absolute Gasteiger partial charge is 0.480 e. The molecule has 252 valence electrons. The molecule has 0 unspecified atom stereocenters. The van der Waals surface area contributed by atoms with Gasteiger partial charge >= 0.3 is 18.0 Å². The number of halogens is 2. The predicted octanol–water partition coefficient (Wildman–Crippen LogP) is 4.99. The second kappa shape index (κ2) is 14.1. The van der Waals surface area contributed by atoms with E-state index in [4.69, 9.17) is 14.2 Å². The average Bonchev–Trinajstić information content (AvgIpc) is 2.96. The lowest BCUT2D eigenvalue weighted by Gasteiger charge is -2.48. The Bertz CT molecular complexity index is 1720. The first-order chi connectivity index (χ1) is 22.0. The van der Waals surface area contributed by atoms with E-state index in [9.17, 15) is 36.7 Å². The number of esters is 1. The molecule has 3 aromatic rings. The SMILES string of the molecule is C[C@H](OC(=O)N[C@@H](CCc1cccc(S(=O)(=O)N2CC(Oc3cccc(F)c3)(c3ccc(F)cc3)C2)c1)C(=O)O)OC(=O)C(C)(C)C. The Hall–Kier alpha value is -4.56. The van der Waals surface area contributed by atoms with E-state index >= 15 is 0 Å². The quantitative estimate of drug-likeness (QED) is 0.200. The number of benzene rings is 3. The van der Waals surface area contributed by atoms with Crippen molar-refractivity contribution in [3.63, 3.8) is 0 Å². The van der Waals surface area contributed by atoms with Crippen LogP contribution < -0.4 is 10.1 Å². The summed E-state index contributed by atoms with van der Waals surface area (Å²) in [5.74, 6) is -2.80. The van der Waals surface area contributed by atoms with Crippen LogP contribution in [0, 0.1) is 17.0 Å². The molecule has 1 fully saturated rings. The number of carbonyl (C=O) groups excluding carboxylic acids is 2. The normalized spacial score (nSPS) is 15.9. The summed E-state index contributed by atoms with van der Waals surface area (Å²) in [5.41, 5.74) is -1.04. The third-order valence-electron chi connectivity index (χ3n) is 7.35. The summed E-state index contributed by atoms with van der Waals surface area (Å²) < 4.78 is 72.1. The highest BCUT2D eigenvalue weighted by Gasteiger charge is 2.52. The van der Waals surface area contributed by atoms with Crippen molar-refractivity contribution in [2.24, 2.45) is 5.41 Å². The Morgan fingerprint density at radius 2 is 1.62 bits per heavy atom. The number of nitrogens with zero attached hydrogens (tertiary/aromatic N) is 1. The number of alkyl carbamates (subject to hydrolysis) is 1. The Morgan fingerprint density at radius 1 is 0.957 bits per heavy atom. The lowest BCUT2D eigenvalue weighted by Crippen LogP contribution is -2.64. The topological polar surface area (TPSA) is 149 Å². The molecule has 0 spiro atoms. The number of aryl methyl sites for hydroxylation is 1. The average molecular weight is 675 g/mol. The summed E-state index contributed by atoms with van der Waals surface area (Å²) in [5, 5.41) is 11.9. The van der Waals surface area contributed by atoms with Gasteiger partial charge in [-0.1, -0.05) is 30.3 Å². The molecule has 1 aliphatic rings. The third kappa shape index (κ3) is 8.83. The first kappa shape index (κ1) is 35.3. The zero-order valence-electron chi connectivity index (χ0n) is 26.2. The van der Waals surface area contributed by atoms with Crippen molar-refractivity contribution in [1.82, 2.24) is 9.62 Å². The van der Waals surface area contributed by atoms with Crippen LogP contribution in [0.25, 0.3) is 0 Å². The van der Waals surface area contributed by atoms with Crippen LogP contribution in [0.5, 0.6) is 5.75 Å². The maximum absolute atomic E-state index is 13.9. The lowest BCUT2D eigenvalue weighted by atomic mass is 9.87. The Balaban J connectivity index is 1.42. The van der Waals surface area contributed by atoms with Crippen molar-refractivity contribution in [3.8, 4) is 5.75 Å². The van der Waals surface area contributed by atoms with Gasteiger partial charge < -0.3 is 24.6 Å². The Kier molecular flexibility index (Phi) is 10.6. The number of aliphatic carboxylic acids is 1. The first-order valence-corrected chi connectivity index (χ1v) is 16.1. The fraction of sp³-hybridized carbons (Fsp3) is 0.364. The number of nitrogens with one attached hydrogen (secondary N) is 1. The van der Waals surface area contributed by atoms with Crippen LogP contribution in [0.2, 0.25) is 0 Å². The van der Waals surface area contributed by atoms with E-state index in [2.05, 4.69) is 5.32 Å². The minimum Gasteiger partial charge on any atom is -0.480 e. The minimum atomic E-state index is -4.06. The van der Waals surface area contributed by atoms with Crippen molar-refractivity contribution < 1.29 is 50.9 Å². The molecule has 0 bridgehead atoms. The fourth-order valence-corrected chi connectivity index (χ4v) is 6.37. The fourth-order valence-electron chi connectivity index (χ4n) is 4.77. The number of ether oxygens (including phenoxy) is 3. The van der Waals surface area contributed by atoms with Gasteiger partial charge in [-0.3, -0.25) is 4.79 Å². The van der Waals surface area contributed by atoms with Crippen molar-refractivity contribution in [2.45, 2.75) is 63.4 Å². The summed E-state index contributed by atoms with van der Waals surface area (Å²) in [6.07, 6.45) is -2.40. The molecular formula is C33H36F2N2O9S. The summed E-state index contributed by atoms with van der Waals surface area (Å²) in [6, 6.07) is 15.4. The molecule has 1 heterocycles. The Labute approximate surface area is 271 Å². The van der Waals surface area contributed by atoms with Crippen LogP contribution in [0.4, 0.5) is 13.6 Å². The molecule has 4 rings (SSSR count). The van der Waals surface area contributed by atoms with E-state index in [1.807, 2.05) is 0 Å². The van der Waals surface area contributed by atoms with E-state index in [0.717, 1.165) is 0 Å². The Morgan fingerprint density at radius 3 is 2.23 bits per heavy atom. The summed E-state index contributed by atoms with van der Waals surface area (Å²) in [7, 11) is -4.06. The standard InChI is InChI=1S/C33H36F2N2O9S/c1-21(44-30(40)32(2,3)4)45-31(41)36-28(29(38)39)16-11-22-7-5-10-27(17-22)47(42,43)37-19-33(20-37,23-12-14-24(34)15-13-23)46-26-9-6-8-25(35)18-26/h5-10,12-15,17-18,21,28H,11,16,19-20H2,1-4H3,(H,36,41)(H,38,39)/t21-,28-/m0/s1. The number of carboxylic acid groups (broad SMARTS) is 1. The molecule has 0 radical (unpaired) electrons. The lowest BCUT2D eigenvalue weighted by molar-refractivity contribution is -0.174. The monoisotopic (exact) mass is 674 g/mol. The number of carbonyl (C=O) groups is 3. The van der Waals surface area contributed by atoms with Crippen molar-refractivity contribution in [3.05, 3.63) is 95.6 Å². The van der Waals surface area contributed by atoms with Gasteiger partial charge in [0.2, 0.25) is 16.3 Å². The number of rotatable bonds is 12. The first-order valence-electron chi connectivity index (χ1n) is 14.7. The highest BCUT2D eigenvalue weighted by molar-refractivity contribution is 7.89. The van der Waals surface area contributed by atoms with Gasteiger partial charge in [0.15, 0.2) is 5.60 Å². The summed E-state index contributed by atoms with van der Waals surface area (Å²) >= 11 is 0. The maximum Gasteiger partial charge on any atom is 0.410 e. The molecule has 0 saturated carbocycles. The molecule has 14 heteroatoms. The molecule has 1 saturated heterocycles. The molecule has 47 heavy (non-hydrogen) atoms. The van der Waals surface area contributed by atoms with Gasteiger partial charge in [-0.05, 0) is 81.1 Å². The molecule has 0 aliphatic carbocycles. The molecule has 3 aromatic carbocycles. The van der Waals surface area contributed by atoms with Crippen molar-refractivity contribution >= 4 is 28.1 Å². The van der Waals surface area contributed by atoms with E-state index in [1.54, 1.807) is 26.8 Å². The number of carboxylic acids is 1. The third-order valence-corrected chi connectivity index (χ3v) is 9.14. The van der Waals surface area contributed by atoms with Crippen LogP contribution in [-0.4, -0.2) is 61.3 Å². The van der Waals surface area contributed by atoms with E-state index in [0.29, 0.717) is 11.1 Å². The van der Waals surface area contributed by atoms with E-state index in [-0.39, 0.29) is 36.6 Å². The number of hydrogen-bond donors (Lipinski definition) is 2. The van der Waals surface area contributed by atoms with Crippen LogP contribution in [-0.2, 0) is 41.1 Å². The second-order valence-electron chi connectivity index (χ2n) is 12.2. The van der Waals surface area contributed by atoms with Crippen LogP contribution >= 0.6 is 0 Å². The van der Waals surface area contributed by atoms with Crippen molar-refractivity contribution in [1.29, 1.82) is 0 Å². The van der Waals surface area contributed by atoms with Gasteiger partial charge in [-0.2, -0.15) is 4.31 Å². The van der Waals surface area contributed by atoms with Gasteiger partial charge in [-0.25, -0.2) is 26.8 Å². The van der Waals surface area contributed by atoms with Gasteiger partial charge in [0.1, 0.15) is 23.4 Å². The highest BCUT2D eigenvalue weighted by Crippen LogP contribution is 2.40. The number of amides is 1. The molecular weight excluding hydrogens is 638 g/mol. The molecule has 1 aliphatic heterocycles. The summed E-state index contributed by atoms with van der Waals surface area (Å²) in [6.45, 7) is 5.91. The van der Waals surface area contributed by atoms with Crippen molar-refractivity contribution in [2.75, 3.05) is 13.1 Å². The van der Waals surface area contributed by atoms with Gasteiger partial charge in [0.25, 0.3) is 0 Å². The smallest absolute Gasteiger partial charge is 0.410 e.